The first kappa shape index (κ1) is 14.9. The van der Waals surface area contributed by atoms with Crippen molar-refractivity contribution in [1.82, 2.24) is 0 Å². The first-order valence-electron chi connectivity index (χ1n) is 7.55. The van der Waals surface area contributed by atoms with Crippen molar-refractivity contribution in [2.75, 3.05) is 0 Å². The van der Waals surface area contributed by atoms with Crippen molar-refractivity contribution in [2.24, 2.45) is 21.7 Å². The molecule has 2 amide bonds. The second-order valence-corrected chi connectivity index (χ2v) is 6.11. The molecule has 6 heteroatoms. The zero-order chi connectivity index (χ0) is 14.6. The number of hydrogen-bond donors (Lipinski definition) is 2. The van der Waals surface area contributed by atoms with Crippen LogP contribution in [0.3, 0.4) is 0 Å². The van der Waals surface area contributed by atoms with Gasteiger partial charge in [-0.2, -0.15) is 10.2 Å². The highest BCUT2D eigenvalue weighted by Gasteiger charge is 2.42. The van der Waals surface area contributed by atoms with E-state index in [-0.39, 0.29) is 0 Å². The molecule has 0 aromatic carbocycles. The maximum atomic E-state index is 11.8. The lowest BCUT2D eigenvalue weighted by Gasteiger charge is -2.33. The molecular weight excluding hydrogens is 256 g/mol. The van der Waals surface area contributed by atoms with Crippen LogP contribution in [0.2, 0.25) is 0 Å². The van der Waals surface area contributed by atoms with Gasteiger partial charge in [0, 0.05) is 0 Å². The van der Waals surface area contributed by atoms with Crippen molar-refractivity contribution in [3.63, 3.8) is 0 Å². The molecule has 0 aromatic heterocycles. The lowest BCUT2D eigenvalue weighted by atomic mass is 9.81. The molecule has 0 saturated heterocycles. The van der Waals surface area contributed by atoms with Crippen LogP contribution >= 0.6 is 0 Å². The summed E-state index contributed by atoms with van der Waals surface area (Å²) in [6.45, 7) is 0. The molecule has 2 fully saturated rings. The average molecular weight is 280 g/mol. The number of carbonyl (C=O) groups is 2. The van der Waals surface area contributed by atoms with Gasteiger partial charge in [-0.15, -0.1) is 0 Å². The van der Waals surface area contributed by atoms with E-state index < -0.39 is 22.9 Å². The number of amides is 2. The van der Waals surface area contributed by atoms with Crippen LogP contribution in [-0.2, 0) is 9.59 Å². The molecule has 0 spiro atoms. The molecule has 0 aliphatic heterocycles. The smallest absolute Gasteiger partial charge is 0.247 e. The first-order valence-corrected chi connectivity index (χ1v) is 7.55. The van der Waals surface area contributed by atoms with Gasteiger partial charge in [-0.25, -0.2) is 0 Å². The topological polar surface area (TPSA) is 111 Å². The van der Waals surface area contributed by atoms with Crippen LogP contribution in [0.5, 0.6) is 0 Å². The fraction of sp³-hybridized carbons (Fsp3) is 0.857. The predicted molar refractivity (Wildman–Crippen MR) is 74.9 cm³/mol. The van der Waals surface area contributed by atoms with Crippen molar-refractivity contribution in [1.29, 1.82) is 0 Å². The van der Waals surface area contributed by atoms with Gasteiger partial charge in [0.15, 0.2) is 11.1 Å². The molecule has 6 nitrogen and oxygen atoms in total. The van der Waals surface area contributed by atoms with Crippen LogP contribution in [-0.4, -0.2) is 22.9 Å². The monoisotopic (exact) mass is 280 g/mol. The summed E-state index contributed by atoms with van der Waals surface area (Å²) in [6, 6.07) is 0. The van der Waals surface area contributed by atoms with E-state index >= 15 is 0 Å². The molecular formula is C14H24N4O2. The van der Waals surface area contributed by atoms with E-state index in [4.69, 9.17) is 11.5 Å². The van der Waals surface area contributed by atoms with Crippen molar-refractivity contribution in [2.45, 2.75) is 75.3 Å². The highest BCUT2D eigenvalue weighted by atomic mass is 16.2. The van der Waals surface area contributed by atoms with E-state index in [1.54, 1.807) is 0 Å². The quantitative estimate of drug-likeness (QED) is 0.765. The third-order valence-corrected chi connectivity index (χ3v) is 4.71. The second kappa shape index (κ2) is 5.89. The Kier molecular flexibility index (Phi) is 4.40. The van der Waals surface area contributed by atoms with Crippen molar-refractivity contribution < 1.29 is 9.59 Å². The van der Waals surface area contributed by atoms with Crippen LogP contribution in [0.25, 0.3) is 0 Å². The van der Waals surface area contributed by atoms with Gasteiger partial charge in [-0.05, 0) is 25.7 Å². The molecule has 0 aromatic rings. The van der Waals surface area contributed by atoms with Gasteiger partial charge in [0.2, 0.25) is 11.8 Å². The molecule has 2 aliphatic rings. The molecule has 20 heavy (non-hydrogen) atoms. The largest absolute Gasteiger partial charge is 0.368 e. The molecule has 0 bridgehead atoms. The van der Waals surface area contributed by atoms with E-state index in [2.05, 4.69) is 10.2 Å². The highest BCUT2D eigenvalue weighted by molar-refractivity contribution is 5.86. The molecule has 0 atom stereocenters. The molecule has 0 heterocycles. The number of hydrogen-bond acceptors (Lipinski definition) is 4. The van der Waals surface area contributed by atoms with Gasteiger partial charge in [0.25, 0.3) is 0 Å². The Labute approximate surface area is 119 Å². The minimum Gasteiger partial charge on any atom is -0.368 e. The number of azo groups is 1. The van der Waals surface area contributed by atoms with Crippen LogP contribution < -0.4 is 11.5 Å². The van der Waals surface area contributed by atoms with Crippen LogP contribution in [0.1, 0.15) is 64.2 Å². The summed E-state index contributed by atoms with van der Waals surface area (Å²) in [5.74, 6) is -0.868. The number of primary amides is 2. The zero-order valence-corrected chi connectivity index (χ0v) is 11.9. The Morgan fingerprint density at radius 3 is 1.20 bits per heavy atom. The van der Waals surface area contributed by atoms with Crippen LogP contribution in [0.4, 0.5) is 0 Å². The van der Waals surface area contributed by atoms with Crippen molar-refractivity contribution in [3.8, 4) is 0 Å². The third-order valence-electron chi connectivity index (χ3n) is 4.71. The Morgan fingerprint density at radius 1 is 0.650 bits per heavy atom. The molecule has 4 N–H and O–H groups in total. The maximum Gasteiger partial charge on any atom is 0.247 e. The van der Waals surface area contributed by atoms with Crippen molar-refractivity contribution >= 4 is 11.8 Å². The average Bonchev–Trinajstić information content (AvgIpc) is 2.47. The van der Waals surface area contributed by atoms with Crippen LogP contribution in [0, 0.1) is 0 Å². The van der Waals surface area contributed by atoms with E-state index in [0.717, 1.165) is 38.5 Å². The molecule has 2 aliphatic carbocycles. The van der Waals surface area contributed by atoms with E-state index in [1.165, 1.54) is 0 Å². The summed E-state index contributed by atoms with van der Waals surface area (Å²) in [7, 11) is 0. The lowest BCUT2D eigenvalue weighted by Crippen LogP contribution is -2.47. The zero-order valence-electron chi connectivity index (χ0n) is 11.9. The molecule has 0 unspecified atom stereocenters. The molecule has 112 valence electrons. The highest BCUT2D eigenvalue weighted by Crippen LogP contribution is 2.36. The van der Waals surface area contributed by atoms with Gasteiger partial charge in [-0.3, -0.25) is 9.59 Å². The molecule has 2 saturated carbocycles. The fourth-order valence-corrected chi connectivity index (χ4v) is 3.26. The van der Waals surface area contributed by atoms with Gasteiger partial charge in [-0.1, -0.05) is 38.5 Å². The predicted octanol–water partition coefficient (Wildman–Crippen LogP) is 1.81. The van der Waals surface area contributed by atoms with E-state index in [0.29, 0.717) is 25.7 Å². The summed E-state index contributed by atoms with van der Waals surface area (Å²) >= 11 is 0. The standard InChI is InChI=1S/C14H24N4O2/c15-11(19)13(7-3-1-4-8-13)17-18-14(12(16)20)9-5-2-6-10-14/h1-10H2,(H2,15,19)(H2,16,20). The number of nitrogens with zero attached hydrogens (tertiary/aromatic N) is 2. The van der Waals surface area contributed by atoms with Gasteiger partial charge in [0.05, 0.1) is 0 Å². The SMILES string of the molecule is NC(=O)C1(N=NC2(C(N)=O)CCCCC2)CCCCC1. The Hall–Kier alpha value is -1.46. The lowest BCUT2D eigenvalue weighted by molar-refractivity contribution is -0.126. The maximum absolute atomic E-state index is 11.8. The Morgan fingerprint density at radius 2 is 0.950 bits per heavy atom. The summed E-state index contributed by atoms with van der Waals surface area (Å²) in [5, 5.41) is 8.56. The Balaban J connectivity index is 2.23. The Bertz CT molecular complexity index is 369. The van der Waals surface area contributed by atoms with Gasteiger partial charge < -0.3 is 11.5 Å². The van der Waals surface area contributed by atoms with Crippen LogP contribution in [0.15, 0.2) is 10.2 Å². The number of carbonyl (C=O) groups excluding carboxylic acids is 2. The summed E-state index contributed by atoms with van der Waals surface area (Å²) in [4.78, 5) is 23.6. The van der Waals surface area contributed by atoms with Crippen molar-refractivity contribution in [3.05, 3.63) is 0 Å². The molecule has 2 rings (SSSR count). The van der Waals surface area contributed by atoms with E-state index in [9.17, 15) is 9.59 Å². The third kappa shape index (κ3) is 2.83. The molecule has 0 radical (unpaired) electrons. The number of rotatable bonds is 4. The minimum absolute atomic E-state index is 0.434. The minimum atomic E-state index is -0.919. The summed E-state index contributed by atoms with van der Waals surface area (Å²) in [5.41, 5.74) is 9.22. The van der Waals surface area contributed by atoms with E-state index in [1.807, 2.05) is 0 Å². The van der Waals surface area contributed by atoms with Gasteiger partial charge in [0.1, 0.15) is 0 Å². The number of nitrogens with two attached hydrogens (primary N) is 2. The normalized spacial score (nSPS) is 25.4. The first-order chi connectivity index (χ1) is 9.51. The summed E-state index contributed by atoms with van der Waals surface area (Å²) in [6.07, 6.45) is 8.37. The second-order valence-electron chi connectivity index (χ2n) is 6.11. The van der Waals surface area contributed by atoms with Gasteiger partial charge >= 0.3 is 0 Å². The fourth-order valence-electron chi connectivity index (χ4n) is 3.26. The summed E-state index contributed by atoms with van der Waals surface area (Å²) < 4.78 is 0.